The lowest BCUT2D eigenvalue weighted by atomic mass is 9.86. The van der Waals surface area contributed by atoms with E-state index in [2.05, 4.69) is 18.2 Å². The molecule has 2 heteroatoms. The average Bonchev–Trinajstić information content (AvgIpc) is 2.30. The zero-order chi connectivity index (χ0) is 9.80. The molecule has 1 nitrogen and oxygen atoms in total. The van der Waals surface area contributed by atoms with Gasteiger partial charge in [0.1, 0.15) is 0 Å². The summed E-state index contributed by atoms with van der Waals surface area (Å²) in [6.45, 7) is 0. The fourth-order valence-electron chi connectivity index (χ4n) is 1.48. The molecule has 0 amide bonds. The molecular formula is C12H11BO. The molecule has 0 aromatic heterocycles. The van der Waals surface area contributed by atoms with Gasteiger partial charge in [-0.05, 0) is 11.1 Å². The molecule has 0 heterocycles. The predicted molar refractivity (Wildman–Crippen MR) is 60.9 cm³/mol. The third-order valence-electron chi connectivity index (χ3n) is 2.22. The highest BCUT2D eigenvalue weighted by Crippen LogP contribution is 2.16. The van der Waals surface area contributed by atoms with E-state index in [1.165, 1.54) is 5.56 Å². The minimum atomic E-state index is 0.0979. The summed E-state index contributed by atoms with van der Waals surface area (Å²) in [5.74, 6) is 0. The van der Waals surface area contributed by atoms with Crippen molar-refractivity contribution in [1.29, 1.82) is 0 Å². The predicted octanol–water partition coefficient (Wildman–Crippen LogP) is 1.32. The molecule has 14 heavy (non-hydrogen) atoms. The van der Waals surface area contributed by atoms with Gasteiger partial charge in [0, 0.05) is 0 Å². The molecule has 1 N–H and O–H groups in total. The number of benzene rings is 2. The fourth-order valence-corrected chi connectivity index (χ4v) is 1.48. The minimum absolute atomic E-state index is 0.0979. The second-order valence-corrected chi connectivity index (χ2v) is 3.22. The molecule has 0 atom stereocenters. The molecular weight excluding hydrogens is 171 g/mol. The third kappa shape index (κ3) is 1.86. The highest BCUT2D eigenvalue weighted by Gasteiger charge is 1.97. The second-order valence-electron chi connectivity index (χ2n) is 3.22. The lowest BCUT2D eigenvalue weighted by molar-refractivity contribution is 0.615. The maximum atomic E-state index is 9.01. The third-order valence-corrected chi connectivity index (χ3v) is 2.22. The molecule has 0 fully saturated rings. The highest BCUT2D eigenvalue weighted by atomic mass is 16.2. The summed E-state index contributed by atoms with van der Waals surface area (Å²) < 4.78 is 0. The van der Waals surface area contributed by atoms with Gasteiger partial charge in [0.15, 0.2) is 0 Å². The second kappa shape index (κ2) is 4.12. The standard InChI is InChI=1S/C12H11BO/c14-13-12-8-4-7-11(9-12)10-5-2-1-3-6-10/h1-9,13-14H. The molecule has 0 radical (unpaired) electrons. The van der Waals surface area contributed by atoms with Gasteiger partial charge in [-0.1, -0.05) is 60.1 Å². The van der Waals surface area contributed by atoms with Crippen LogP contribution in [0.4, 0.5) is 0 Å². The van der Waals surface area contributed by atoms with Crippen LogP contribution in [0.1, 0.15) is 0 Å². The van der Waals surface area contributed by atoms with Crippen molar-refractivity contribution < 1.29 is 5.02 Å². The molecule has 0 spiro atoms. The smallest absolute Gasteiger partial charge is 0.304 e. The monoisotopic (exact) mass is 182 g/mol. The summed E-state index contributed by atoms with van der Waals surface area (Å²) >= 11 is 0. The summed E-state index contributed by atoms with van der Waals surface area (Å²) in [4.78, 5) is 0. The Balaban J connectivity index is 2.42. The number of hydrogen-bond donors (Lipinski definition) is 1. The van der Waals surface area contributed by atoms with Crippen molar-refractivity contribution in [3.05, 3.63) is 54.6 Å². The van der Waals surface area contributed by atoms with Crippen LogP contribution >= 0.6 is 0 Å². The van der Waals surface area contributed by atoms with Gasteiger partial charge in [-0.3, -0.25) is 0 Å². The zero-order valence-corrected chi connectivity index (χ0v) is 7.85. The Kier molecular flexibility index (Phi) is 2.66. The fraction of sp³-hybridized carbons (Fsp3) is 0. The summed E-state index contributed by atoms with van der Waals surface area (Å²) in [6.07, 6.45) is 0. The van der Waals surface area contributed by atoms with Crippen LogP contribution in [0.2, 0.25) is 0 Å². The normalized spacial score (nSPS) is 9.79. The molecule has 2 aromatic carbocycles. The van der Waals surface area contributed by atoms with E-state index in [1.807, 2.05) is 36.4 Å². The molecule has 0 unspecified atom stereocenters. The van der Waals surface area contributed by atoms with E-state index in [9.17, 15) is 0 Å². The molecule has 68 valence electrons. The van der Waals surface area contributed by atoms with Gasteiger partial charge in [0.25, 0.3) is 0 Å². The van der Waals surface area contributed by atoms with Crippen molar-refractivity contribution in [2.75, 3.05) is 0 Å². The lowest BCUT2D eigenvalue weighted by Gasteiger charge is -2.02. The van der Waals surface area contributed by atoms with Crippen LogP contribution in [0.25, 0.3) is 11.1 Å². The van der Waals surface area contributed by atoms with Crippen LogP contribution in [-0.4, -0.2) is 12.5 Å². The Morgan fingerprint density at radius 1 is 0.786 bits per heavy atom. The number of hydrogen-bond acceptors (Lipinski definition) is 1. The van der Waals surface area contributed by atoms with E-state index in [-0.39, 0.29) is 7.48 Å². The van der Waals surface area contributed by atoms with E-state index in [1.54, 1.807) is 0 Å². The summed E-state index contributed by atoms with van der Waals surface area (Å²) in [5, 5.41) is 9.01. The van der Waals surface area contributed by atoms with Gasteiger partial charge in [-0.25, -0.2) is 0 Å². The van der Waals surface area contributed by atoms with Crippen LogP contribution in [0.3, 0.4) is 0 Å². The zero-order valence-electron chi connectivity index (χ0n) is 7.85. The van der Waals surface area contributed by atoms with Crippen molar-refractivity contribution in [1.82, 2.24) is 0 Å². The lowest BCUT2D eigenvalue weighted by Crippen LogP contribution is -2.12. The first-order valence-electron chi connectivity index (χ1n) is 4.65. The van der Waals surface area contributed by atoms with E-state index < -0.39 is 0 Å². The van der Waals surface area contributed by atoms with Gasteiger partial charge in [-0.2, -0.15) is 0 Å². The van der Waals surface area contributed by atoms with E-state index in [0.717, 1.165) is 11.0 Å². The van der Waals surface area contributed by atoms with Crippen LogP contribution in [0, 0.1) is 0 Å². The first-order valence-corrected chi connectivity index (χ1v) is 4.65. The summed E-state index contributed by atoms with van der Waals surface area (Å²) in [5.41, 5.74) is 3.28. The van der Waals surface area contributed by atoms with Crippen molar-refractivity contribution in [2.45, 2.75) is 0 Å². The molecule has 0 aliphatic heterocycles. The van der Waals surface area contributed by atoms with Crippen LogP contribution < -0.4 is 5.46 Å². The first kappa shape index (κ1) is 9.04. The quantitative estimate of drug-likeness (QED) is 0.694. The van der Waals surface area contributed by atoms with Crippen molar-refractivity contribution in [2.24, 2.45) is 0 Å². The Bertz CT molecular complexity index is 412. The maximum absolute atomic E-state index is 9.01. The largest absolute Gasteiger partial charge is 0.449 e. The molecule has 0 saturated carbocycles. The van der Waals surface area contributed by atoms with Crippen molar-refractivity contribution >= 4 is 12.9 Å². The van der Waals surface area contributed by atoms with Crippen molar-refractivity contribution in [3.63, 3.8) is 0 Å². The van der Waals surface area contributed by atoms with Crippen molar-refractivity contribution in [3.8, 4) is 11.1 Å². The van der Waals surface area contributed by atoms with Gasteiger partial charge in [0.2, 0.25) is 0 Å². The van der Waals surface area contributed by atoms with Crippen LogP contribution in [0.5, 0.6) is 0 Å². The Labute approximate surface area is 84.3 Å². The van der Waals surface area contributed by atoms with E-state index in [4.69, 9.17) is 5.02 Å². The van der Waals surface area contributed by atoms with Crippen LogP contribution in [0.15, 0.2) is 54.6 Å². The molecule has 0 saturated heterocycles. The molecule has 2 rings (SSSR count). The molecule has 0 aliphatic carbocycles. The Morgan fingerprint density at radius 3 is 2.21 bits per heavy atom. The van der Waals surface area contributed by atoms with Gasteiger partial charge in [0.05, 0.1) is 0 Å². The van der Waals surface area contributed by atoms with E-state index >= 15 is 0 Å². The van der Waals surface area contributed by atoms with Gasteiger partial charge in [-0.15, -0.1) is 0 Å². The molecule has 0 aliphatic rings. The van der Waals surface area contributed by atoms with Crippen LogP contribution in [-0.2, 0) is 0 Å². The molecule has 2 aromatic rings. The summed E-state index contributed by atoms with van der Waals surface area (Å²) in [7, 11) is 0.0979. The average molecular weight is 182 g/mol. The highest BCUT2D eigenvalue weighted by molar-refractivity contribution is 6.45. The summed E-state index contributed by atoms with van der Waals surface area (Å²) in [6, 6.07) is 18.1. The molecule has 0 bridgehead atoms. The SMILES string of the molecule is OBc1cccc(-c2ccccc2)c1. The topological polar surface area (TPSA) is 20.2 Å². The van der Waals surface area contributed by atoms with Gasteiger partial charge >= 0.3 is 7.48 Å². The van der Waals surface area contributed by atoms with Gasteiger partial charge < -0.3 is 5.02 Å². The van der Waals surface area contributed by atoms with E-state index in [0.29, 0.717) is 0 Å². The maximum Gasteiger partial charge on any atom is 0.304 e. The number of rotatable bonds is 2. The Hall–Kier alpha value is -1.54. The Morgan fingerprint density at radius 2 is 1.50 bits per heavy atom. The first-order chi connectivity index (χ1) is 6.90. The minimum Gasteiger partial charge on any atom is -0.449 e.